The van der Waals surface area contributed by atoms with E-state index in [-0.39, 0.29) is 11.2 Å². The van der Waals surface area contributed by atoms with Gasteiger partial charge in [-0.05, 0) is 24.3 Å². The highest BCUT2D eigenvalue weighted by Crippen LogP contribution is 2.36. The SMILES string of the molecule is O=C(O)C1CSC(c2ccc(-c3ccccc3F)o2)N1. The van der Waals surface area contributed by atoms with E-state index in [1.807, 2.05) is 0 Å². The molecule has 1 aromatic heterocycles. The number of carboxylic acid groups (broad SMARTS) is 1. The number of hydrogen-bond donors (Lipinski definition) is 2. The van der Waals surface area contributed by atoms with Gasteiger partial charge in [0.15, 0.2) is 0 Å². The molecule has 2 unspecified atom stereocenters. The number of hydrogen-bond acceptors (Lipinski definition) is 4. The zero-order valence-corrected chi connectivity index (χ0v) is 11.2. The van der Waals surface area contributed by atoms with Crippen molar-refractivity contribution in [1.82, 2.24) is 5.32 Å². The van der Waals surface area contributed by atoms with Crippen LogP contribution in [0.15, 0.2) is 40.8 Å². The minimum Gasteiger partial charge on any atom is -0.480 e. The van der Waals surface area contributed by atoms with Crippen molar-refractivity contribution in [1.29, 1.82) is 0 Å². The summed E-state index contributed by atoms with van der Waals surface area (Å²) in [4.78, 5) is 10.9. The second kappa shape index (κ2) is 5.30. The molecule has 2 heterocycles. The molecule has 0 bridgehead atoms. The number of nitrogens with one attached hydrogen (secondary N) is 1. The van der Waals surface area contributed by atoms with Gasteiger partial charge in [-0.1, -0.05) is 12.1 Å². The topological polar surface area (TPSA) is 62.5 Å². The van der Waals surface area contributed by atoms with Crippen molar-refractivity contribution >= 4 is 17.7 Å². The van der Waals surface area contributed by atoms with Crippen molar-refractivity contribution in [2.24, 2.45) is 0 Å². The first-order chi connectivity index (χ1) is 9.65. The molecule has 6 heteroatoms. The number of halogens is 1. The van der Waals surface area contributed by atoms with E-state index in [0.717, 1.165) is 0 Å². The van der Waals surface area contributed by atoms with E-state index in [2.05, 4.69) is 5.32 Å². The minimum atomic E-state index is -0.874. The highest BCUT2D eigenvalue weighted by Gasteiger charge is 2.32. The van der Waals surface area contributed by atoms with E-state index >= 15 is 0 Å². The Morgan fingerprint density at radius 3 is 2.85 bits per heavy atom. The van der Waals surface area contributed by atoms with Gasteiger partial charge in [0.05, 0.1) is 5.56 Å². The first-order valence-corrected chi connectivity index (χ1v) is 7.15. The Morgan fingerprint density at radius 1 is 1.35 bits per heavy atom. The summed E-state index contributed by atoms with van der Waals surface area (Å²) in [5.41, 5.74) is 0.400. The van der Waals surface area contributed by atoms with Gasteiger partial charge in [0.1, 0.15) is 28.8 Å². The van der Waals surface area contributed by atoms with Gasteiger partial charge in [-0.2, -0.15) is 0 Å². The van der Waals surface area contributed by atoms with Gasteiger partial charge in [-0.15, -0.1) is 11.8 Å². The van der Waals surface area contributed by atoms with Crippen LogP contribution in [-0.4, -0.2) is 22.9 Å². The third kappa shape index (κ3) is 2.44. The summed E-state index contributed by atoms with van der Waals surface area (Å²) in [6.07, 6.45) is 0. The van der Waals surface area contributed by atoms with E-state index in [1.54, 1.807) is 30.3 Å². The van der Waals surface area contributed by atoms with Gasteiger partial charge >= 0.3 is 5.97 Å². The maximum Gasteiger partial charge on any atom is 0.321 e. The van der Waals surface area contributed by atoms with Crippen LogP contribution in [-0.2, 0) is 4.79 Å². The zero-order valence-electron chi connectivity index (χ0n) is 10.4. The summed E-state index contributed by atoms with van der Waals surface area (Å²) in [5.74, 6) is 0.316. The Balaban J connectivity index is 1.81. The van der Waals surface area contributed by atoms with Gasteiger partial charge in [-0.3, -0.25) is 10.1 Å². The number of rotatable bonds is 3. The minimum absolute atomic E-state index is 0.211. The fourth-order valence-corrected chi connectivity index (χ4v) is 3.25. The second-order valence-corrected chi connectivity index (χ2v) is 5.59. The van der Waals surface area contributed by atoms with Crippen molar-refractivity contribution in [3.63, 3.8) is 0 Å². The summed E-state index contributed by atoms with van der Waals surface area (Å²) in [7, 11) is 0. The van der Waals surface area contributed by atoms with Gasteiger partial charge in [0.25, 0.3) is 0 Å². The third-order valence-corrected chi connectivity index (χ3v) is 4.33. The van der Waals surface area contributed by atoms with Crippen LogP contribution in [0.5, 0.6) is 0 Å². The van der Waals surface area contributed by atoms with Gasteiger partial charge in [-0.25, -0.2) is 4.39 Å². The molecule has 1 fully saturated rings. The lowest BCUT2D eigenvalue weighted by molar-refractivity contribution is -0.138. The number of benzene rings is 1. The van der Waals surface area contributed by atoms with Crippen LogP contribution in [0.3, 0.4) is 0 Å². The number of aliphatic carboxylic acids is 1. The van der Waals surface area contributed by atoms with Crippen LogP contribution in [0.1, 0.15) is 11.1 Å². The Bertz CT molecular complexity index is 643. The molecule has 1 aromatic carbocycles. The lowest BCUT2D eigenvalue weighted by Crippen LogP contribution is -2.33. The van der Waals surface area contributed by atoms with E-state index in [4.69, 9.17) is 9.52 Å². The molecule has 1 aliphatic rings. The van der Waals surface area contributed by atoms with E-state index in [0.29, 0.717) is 22.8 Å². The zero-order chi connectivity index (χ0) is 14.1. The predicted octanol–water partition coefficient (Wildman–Crippen LogP) is 2.87. The number of furan rings is 1. The Labute approximate surface area is 119 Å². The predicted molar refractivity (Wildman–Crippen MR) is 73.9 cm³/mol. The summed E-state index contributed by atoms with van der Waals surface area (Å²) < 4.78 is 19.3. The molecule has 0 aliphatic carbocycles. The average molecular weight is 293 g/mol. The maximum absolute atomic E-state index is 13.7. The first kappa shape index (κ1) is 13.2. The molecular formula is C14H12FNO3S. The van der Waals surface area contributed by atoms with Crippen molar-refractivity contribution < 1.29 is 18.7 Å². The van der Waals surface area contributed by atoms with Crippen LogP contribution in [0, 0.1) is 5.82 Å². The molecule has 4 nitrogen and oxygen atoms in total. The largest absolute Gasteiger partial charge is 0.480 e. The van der Waals surface area contributed by atoms with Crippen LogP contribution in [0.4, 0.5) is 4.39 Å². The van der Waals surface area contributed by atoms with Crippen LogP contribution in [0.25, 0.3) is 11.3 Å². The summed E-state index contributed by atoms with van der Waals surface area (Å²) in [6.45, 7) is 0. The van der Waals surface area contributed by atoms with Crippen LogP contribution < -0.4 is 5.32 Å². The smallest absolute Gasteiger partial charge is 0.321 e. The van der Waals surface area contributed by atoms with Crippen molar-refractivity contribution in [3.05, 3.63) is 48.0 Å². The standard InChI is InChI=1S/C14H12FNO3S/c15-9-4-2-1-3-8(9)11-5-6-12(19-11)13-16-10(7-20-13)14(17)18/h1-6,10,13,16H,7H2,(H,17,18). The normalized spacial score (nSPS) is 22.1. The van der Waals surface area contributed by atoms with E-state index in [9.17, 15) is 9.18 Å². The summed E-state index contributed by atoms with van der Waals surface area (Å²) >= 11 is 1.47. The highest BCUT2D eigenvalue weighted by atomic mass is 32.2. The monoisotopic (exact) mass is 293 g/mol. The number of carbonyl (C=O) groups is 1. The molecule has 0 saturated carbocycles. The number of carboxylic acids is 1. The molecule has 20 heavy (non-hydrogen) atoms. The van der Waals surface area contributed by atoms with E-state index < -0.39 is 12.0 Å². The molecule has 2 N–H and O–H groups in total. The first-order valence-electron chi connectivity index (χ1n) is 6.10. The fraction of sp³-hybridized carbons (Fsp3) is 0.214. The fourth-order valence-electron chi connectivity index (χ4n) is 2.08. The van der Waals surface area contributed by atoms with Crippen LogP contribution >= 0.6 is 11.8 Å². The molecule has 104 valence electrons. The van der Waals surface area contributed by atoms with Crippen molar-refractivity contribution in [3.8, 4) is 11.3 Å². The molecule has 0 spiro atoms. The molecule has 1 aliphatic heterocycles. The van der Waals surface area contributed by atoms with Crippen molar-refractivity contribution in [2.45, 2.75) is 11.4 Å². The van der Waals surface area contributed by atoms with Gasteiger partial charge in [0, 0.05) is 5.75 Å². The van der Waals surface area contributed by atoms with Crippen LogP contribution in [0.2, 0.25) is 0 Å². The molecule has 2 atom stereocenters. The Kier molecular flexibility index (Phi) is 3.50. The summed E-state index contributed by atoms with van der Waals surface area (Å²) in [5, 5.41) is 11.7. The molecule has 0 amide bonds. The lowest BCUT2D eigenvalue weighted by atomic mass is 10.1. The molecule has 0 radical (unpaired) electrons. The Morgan fingerprint density at radius 2 is 2.15 bits per heavy atom. The molecule has 1 saturated heterocycles. The van der Waals surface area contributed by atoms with Crippen molar-refractivity contribution in [2.75, 3.05) is 5.75 Å². The lowest BCUT2D eigenvalue weighted by Gasteiger charge is -2.07. The average Bonchev–Trinajstić information content (AvgIpc) is 3.08. The maximum atomic E-state index is 13.7. The molecule has 3 rings (SSSR count). The summed E-state index contributed by atoms with van der Waals surface area (Å²) in [6, 6.07) is 9.25. The second-order valence-electron chi connectivity index (χ2n) is 4.45. The third-order valence-electron chi connectivity index (χ3n) is 3.10. The highest BCUT2D eigenvalue weighted by molar-refractivity contribution is 7.99. The van der Waals surface area contributed by atoms with Gasteiger partial charge in [0.2, 0.25) is 0 Å². The Hall–Kier alpha value is -1.79. The molecule has 2 aromatic rings. The van der Waals surface area contributed by atoms with Gasteiger partial charge < -0.3 is 9.52 Å². The number of thioether (sulfide) groups is 1. The van der Waals surface area contributed by atoms with E-state index in [1.165, 1.54) is 17.8 Å². The quantitative estimate of drug-likeness (QED) is 0.911. The molecular weight excluding hydrogens is 281 g/mol.